The fraction of sp³-hybridized carbons (Fsp3) is 0.617. The van der Waals surface area contributed by atoms with Crippen LogP contribution >= 0.6 is 0 Å². The highest BCUT2D eigenvalue weighted by atomic mass is 16.7. The summed E-state index contributed by atoms with van der Waals surface area (Å²) in [6, 6.07) is 0. The highest BCUT2D eigenvalue weighted by Gasteiger charge is 2.47. The van der Waals surface area contributed by atoms with E-state index in [1.165, 1.54) is 0 Å². The molecule has 0 saturated carbocycles. The van der Waals surface area contributed by atoms with Crippen LogP contribution in [-0.2, 0) is 38.0 Å². The Morgan fingerprint density at radius 1 is 0.500 bits per heavy atom. The van der Waals surface area contributed by atoms with Gasteiger partial charge in [0.2, 0.25) is 0 Å². The topological polar surface area (TPSA) is 231 Å². The van der Waals surface area contributed by atoms with Crippen LogP contribution in [0.25, 0.3) is 0 Å². The number of allylic oxidation sites excluding steroid dienone is 16. The van der Waals surface area contributed by atoms with E-state index in [4.69, 9.17) is 28.4 Å². The summed E-state index contributed by atoms with van der Waals surface area (Å²) in [5.74, 6) is -1.13. The quantitative estimate of drug-likeness (QED) is 0.0395. The molecule has 0 amide bonds. The number of hydrogen-bond donors (Lipinski definition) is 7. The van der Waals surface area contributed by atoms with E-state index in [1.807, 2.05) is 36.5 Å². The van der Waals surface area contributed by atoms with Gasteiger partial charge in [0, 0.05) is 12.8 Å². The summed E-state index contributed by atoms with van der Waals surface area (Å²) in [6.45, 7) is 2.14. The number of aliphatic hydroxyl groups is 7. The molecule has 2 heterocycles. The highest BCUT2D eigenvalue weighted by molar-refractivity contribution is 5.70. The third kappa shape index (κ3) is 22.7. The Morgan fingerprint density at radius 3 is 1.37 bits per heavy atom. The van der Waals surface area contributed by atoms with E-state index >= 15 is 0 Å². The summed E-state index contributed by atoms with van der Waals surface area (Å²) in [5, 5.41) is 71.8. The minimum absolute atomic E-state index is 0.0231. The van der Waals surface area contributed by atoms with Gasteiger partial charge in [-0.15, -0.1) is 0 Å². The molecule has 0 spiro atoms. The van der Waals surface area contributed by atoms with Crippen molar-refractivity contribution in [2.24, 2.45) is 0 Å². The second-order valence-electron chi connectivity index (χ2n) is 14.8. The molecule has 0 aromatic heterocycles. The van der Waals surface area contributed by atoms with Crippen LogP contribution in [-0.4, -0.2) is 142 Å². The van der Waals surface area contributed by atoms with Crippen molar-refractivity contribution >= 4 is 11.9 Å². The molecule has 350 valence electrons. The van der Waals surface area contributed by atoms with Crippen molar-refractivity contribution in [3.8, 4) is 0 Å². The van der Waals surface area contributed by atoms with Gasteiger partial charge >= 0.3 is 11.9 Å². The van der Waals surface area contributed by atoms with Gasteiger partial charge in [-0.3, -0.25) is 9.59 Å². The van der Waals surface area contributed by atoms with Crippen LogP contribution in [0.4, 0.5) is 0 Å². The number of carbonyl (C=O) groups is 2. The van der Waals surface area contributed by atoms with Gasteiger partial charge < -0.3 is 64.2 Å². The lowest BCUT2D eigenvalue weighted by Gasteiger charge is -2.42. The zero-order valence-electron chi connectivity index (χ0n) is 36.3. The van der Waals surface area contributed by atoms with E-state index < -0.39 is 99.3 Å². The fourth-order valence-corrected chi connectivity index (χ4v) is 6.01. The number of hydrogen-bond acceptors (Lipinski definition) is 15. The van der Waals surface area contributed by atoms with Gasteiger partial charge in [0.25, 0.3) is 0 Å². The van der Waals surface area contributed by atoms with Gasteiger partial charge in [0.1, 0.15) is 55.4 Å². The third-order valence-corrected chi connectivity index (χ3v) is 9.58. The van der Waals surface area contributed by atoms with Crippen LogP contribution in [0.5, 0.6) is 0 Å². The SMILES string of the molecule is CC/C=C\C/C=C\C/C=C\C/C=C\CCC(=O)OCC(COC1OC(COC2OC(CO)C(O)C(O)C2O)C(O)C(O)C1O)OC(=O)CC/C=C\C/C=C\C/C=C\C/C=C\CC. The largest absolute Gasteiger partial charge is 0.462 e. The van der Waals surface area contributed by atoms with E-state index in [0.717, 1.165) is 44.9 Å². The molecule has 15 nitrogen and oxygen atoms in total. The number of ether oxygens (including phenoxy) is 6. The molecule has 11 unspecified atom stereocenters. The molecule has 0 aromatic rings. The second kappa shape index (κ2) is 33.9. The highest BCUT2D eigenvalue weighted by Crippen LogP contribution is 2.26. The molecule has 0 bridgehead atoms. The summed E-state index contributed by atoms with van der Waals surface area (Å²) < 4.78 is 33.2. The Balaban J connectivity index is 1.94. The first-order valence-corrected chi connectivity index (χ1v) is 21.8. The van der Waals surface area contributed by atoms with Crippen LogP contribution < -0.4 is 0 Å². The van der Waals surface area contributed by atoms with Crippen molar-refractivity contribution in [1.82, 2.24) is 0 Å². The van der Waals surface area contributed by atoms with Gasteiger partial charge in [-0.05, 0) is 64.2 Å². The first-order chi connectivity index (χ1) is 30.0. The fourth-order valence-electron chi connectivity index (χ4n) is 6.01. The standard InChI is InChI=1S/C47H72O15/c1-3-5-7-9-11-13-15-17-19-21-23-25-27-29-38(49)57-32-35(60-39(50)30-28-26-24-22-20-18-16-14-12-10-8-6-4-2)33-58-46-45(56)43(54)41(52)37(62-46)34-59-47-44(55)42(53)40(51)36(31-48)61-47/h5-8,11-14,17-20,23-26,35-37,40-48,51-56H,3-4,9-10,15-16,21-22,27-34H2,1-2H3/b7-5-,8-6-,13-11-,14-12-,19-17-,20-18-,25-23-,26-24-. The summed E-state index contributed by atoms with van der Waals surface area (Å²) >= 11 is 0. The second-order valence-corrected chi connectivity index (χ2v) is 14.8. The lowest BCUT2D eigenvalue weighted by molar-refractivity contribution is -0.332. The number of esters is 2. The maximum absolute atomic E-state index is 12.9. The van der Waals surface area contributed by atoms with Crippen molar-refractivity contribution < 1.29 is 73.8 Å². The molecule has 15 heteroatoms. The summed E-state index contributed by atoms with van der Waals surface area (Å²) in [6.07, 6.45) is 23.5. The zero-order valence-corrected chi connectivity index (χ0v) is 36.3. The summed E-state index contributed by atoms with van der Waals surface area (Å²) in [5.41, 5.74) is 0. The van der Waals surface area contributed by atoms with E-state index in [0.29, 0.717) is 19.3 Å². The Labute approximate surface area is 367 Å². The lowest BCUT2D eigenvalue weighted by atomic mass is 9.98. The molecule has 2 aliphatic rings. The van der Waals surface area contributed by atoms with Gasteiger partial charge in [0.15, 0.2) is 18.7 Å². The maximum Gasteiger partial charge on any atom is 0.306 e. The maximum atomic E-state index is 12.9. The zero-order chi connectivity index (χ0) is 45.4. The van der Waals surface area contributed by atoms with Crippen molar-refractivity contribution in [2.75, 3.05) is 26.4 Å². The smallest absolute Gasteiger partial charge is 0.306 e. The molecule has 2 saturated heterocycles. The Hall–Kier alpha value is -3.58. The molecule has 0 aliphatic carbocycles. The van der Waals surface area contributed by atoms with Crippen LogP contribution in [0.2, 0.25) is 0 Å². The number of aliphatic hydroxyl groups excluding tert-OH is 7. The minimum Gasteiger partial charge on any atom is -0.462 e. The van der Waals surface area contributed by atoms with Crippen molar-refractivity contribution in [1.29, 1.82) is 0 Å². The first kappa shape index (κ1) is 54.6. The molecule has 0 aromatic carbocycles. The van der Waals surface area contributed by atoms with Gasteiger partial charge in [-0.2, -0.15) is 0 Å². The average Bonchev–Trinajstić information content (AvgIpc) is 3.26. The number of rotatable bonds is 30. The number of carbonyl (C=O) groups excluding carboxylic acids is 2. The van der Waals surface area contributed by atoms with Crippen LogP contribution in [0.3, 0.4) is 0 Å². The summed E-state index contributed by atoms with van der Waals surface area (Å²) in [7, 11) is 0. The van der Waals surface area contributed by atoms with E-state index in [1.54, 1.807) is 0 Å². The minimum atomic E-state index is -1.79. The Bertz CT molecular complexity index is 1450. The summed E-state index contributed by atoms with van der Waals surface area (Å²) in [4.78, 5) is 25.5. The first-order valence-electron chi connectivity index (χ1n) is 21.8. The Kier molecular flexibility index (Phi) is 29.8. The van der Waals surface area contributed by atoms with E-state index in [2.05, 4.69) is 74.6 Å². The molecule has 11 atom stereocenters. The predicted octanol–water partition coefficient (Wildman–Crippen LogP) is 4.25. The van der Waals surface area contributed by atoms with Crippen LogP contribution in [0.1, 0.15) is 90.9 Å². The van der Waals surface area contributed by atoms with Crippen molar-refractivity contribution in [3.63, 3.8) is 0 Å². The molecule has 2 rings (SSSR count). The van der Waals surface area contributed by atoms with Crippen LogP contribution in [0.15, 0.2) is 97.2 Å². The third-order valence-electron chi connectivity index (χ3n) is 9.58. The molecule has 7 N–H and O–H groups in total. The molecule has 2 aliphatic heterocycles. The molecular formula is C47H72O15. The molecule has 62 heavy (non-hydrogen) atoms. The predicted molar refractivity (Wildman–Crippen MR) is 233 cm³/mol. The molecule has 0 radical (unpaired) electrons. The Morgan fingerprint density at radius 2 is 0.903 bits per heavy atom. The lowest BCUT2D eigenvalue weighted by Crippen LogP contribution is -2.61. The van der Waals surface area contributed by atoms with E-state index in [9.17, 15) is 45.3 Å². The van der Waals surface area contributed by atoms with Crippen molar-refractivity contribution in [2.45, 2.75) is 158 Å². The average molecular weight is 877 g/mol. The van der Waals surface area contributed by atoms with Gasteiger partial charge in [0.05, 0.1) is 19.8 Å². The van der Waals surface area contributed by atoms with Gasteiger partial charge in [-0.25, -0.2) is 0 Å². The van der Waals surface area contributed by atoms with Crippen LogP contribution in [0, 0.1) is 0 Å². The molecule has 2 fully saturated rings. The van der Waals surface area contributed by atoms with E-state index in [-0.39, 0.29) is 19.4 Å². The normalized spacial score (nSPS) is 28.0. The van der Waals surface area contributed by atoms with Crippen molar-refractivity contribution in [3.05, 3.63) is 97.2 Å². The van der Waals surface area contributed by atoms with Gasteiger partial charge in [-0.1, -0.05) is 111 Å². The molecular weight excluding hydrogens is 805 g/mol. The monoisotopic (exact) mass is 876 g/mol.